The summed E-state index contributed by atoms with van der Waals surface area (Å²) in [5.74, 6) is -2.54. The van der Waals surface area contributed by atoms with Crippen molar-refractivity contribution in [2.75, 3.05) is 20.2 Å². The number of imide groups is 1. The van der Waals surface area contributed by atoms with E-state index in [2.05, 4.69) is 0 Å². The number of likely N-dealkylation sites (tertiary alicyclic amines) is 1. The molecule has 0 radical (unpaired) electrons. The Morgan fingerprint density at radius 3 is 2.05 bits per heavy atom. The van der Waals surface area contributed by atoms with E-state index in [1.54, 1.807) is 36.0 Å². The lowest BCUT2D eigenvalue weighted by atomic mass is 9.74. The molecule has 3 aliphatic rings. The van der Waals surface area contributed by atoms with Gasteiger partial charge in [0.05, 0.1) is 25.0 Å². The highest BCUT2D eigenvalue weighted by atomic mass is 16.5. The summed E-state index contributed by atoms with van der Waals surface area (Å²) in [6.45, 7) is 2.07. The molecule has 3 aromatic carbocycles. The van der Waals surface area contributed by atoms with Gasteiger partial charge in [-0.3, -0.25) is 24.1 Å². The molecule has 0 aliphatic carbocycles. The van der Waals surface area contributed by atoms with E-state index < -0.39 is 29.3 Å². The van der Waals surface area contributed by atoms with Gasteiger partial charge >= 0.3 is 0 Å². The van der Waals surface area contributed by atoms with Gasteiger partial charge in [0, 0.05) is 19.5 Å². The molecule has 3 heterocycles. The average Bonchev–Trinajstić information content (AvgIpc) is 3.42. The molecule has 0 aromatic heterocycles. The van der Waals surface area contributed by atoms with Crippen molar-refractivity contribution in [1.29, 1.82) is 0 Å². The molecule has 0 N–H and O–H groups in total. The summed E-state index contributed by atoms with van der Waals surface area (Å²) >= 11 is 0. The molecule has 0 bridgehead atoms. The second-order valence-electron chi connectivity index (χ2n) is 10.6. The van der Waals surface area contributed by atoms with E-state index in [1.165, 1.54) is 4.90 Å². The number of hydrogen-bond donors (Lipinski definition) is 0. The molecule has 6 rings (SSSR count). The fourth-order valence-electron chi connectivity index (χ4n) is 6.91. The van der Waals surface area contributed by atoms with Crippen molar-refractivity contribution in [2.45, 2.75) is 31.5 Å². The van der Waals surface area contributed by atoms with Gasteiger partial charge in [0.1, 0.15) is 17.8 Å². The molecule has 40 heavy (non-hydrogen) atoms. The van der Waals surface area contributed by atoms with E-state index in [4.69, 9.17) is 4.74 Å². The molecular formula is C32H31N3O5. The van der Waals surface area contributed by atoms with Gasteiger partial charge in [-0.2, -0.15) is 0 Å². The first-order valence-corrected chi connectivity index (χ1v) is 13.6. The first kappa shape index (κ1) is 25.8. The number of rotatable bonds is 7. The largest absolute Gasteiger partial charge is 0.497 e. The zero-order valence-corrected chi connectivity index (χ0v) is 22.5. The smallest absolute Gasteiger partial charge is 0.250 e. The molecule has 3 fully saturated rings. The Hall–Kier alpha value is -4.46. The number of piperazine rings is 1. The maximum atomic E-state index is 14.8. The number of fused-ring (bicyclic) bond motifs is 3. The molecule has 204 valence electrons. The predicted octanol–water partition coefficient (Wildman–Crippen LogP) is 3.22. The first-order chi connectivity index (χ1) is 19.4. The zero-order chi connectivity index (χ0) is 28.0. The van der Waals surface area contributed by atoms with E-state index in [0.29, 0.717) is 11.3 Å². The van der Waals surface area contributed by atoms with Crippen LogP contribution in [0.4, 0.5) is 0 Å². The number of carbonyl (C=O) groups is 4. The number of amides is 4. The van der Waals surface area contributed by atoms with Gasteiger partial charge < -0.3 is 14.5 Å². The third-order valence-electron chi connectivity index (χ3n) is 8.56. The van der Waals surface area contributed by atoms with Crippen LogP contribution < -0.4 is 4.74 Å². The van der Waals surface area contributed by atoms with Gasteiger partial charge in [0.15, 0.2) is 0 Å². The maximum Gasteiger partial charge on any atom is 0.250 e. The van der Waals surface area contributed by atoms with Crippen LogP contribution in [0.1, 0.15) is 29.7 Å². The monoisotopic (exact) mass is 537 g/mol. The third kappa shape index (κ3) is 3.81. The Bertz CT molecular complexity index is 1460. The Labute approximate surface area is 233 Å². The van der Waals surface area contributed by atoms with Crippen LogP contribution in [0.2, 0.25) is 0 Å². The van der Waals surface area contributed by atoms with E-state index >= 15 is 0 Å². The lowest BCUT2D eigenvalue weighted by molar-refractivity contribution is -0.169. The van der Waals surface area contributed by atoms with Crippen molar-refractivity contribution in [2.24, 2.45) is 11.8 Å². The van der Waals surface area contributed by atoms with Crippen molar-refractivity contribution in [3.05, 3.63) is 102 Å². The summed E-state index contributed by atoms with van der Waals surface area (Å²) in [4.78, 5) is 61.3. The molecule has 3 unspecified atom stereocenters. The van der Waals surface area contributed by atoms with Crippen LogP contribution in [0, 0.1) is 11.8 Å². The zero-order valence-electron chi connectivity index (χ0n) is 22.5. The Morgan fingerprint density at radius 1 is 0.825 bits per heavy atom. The van der Waals surface area contributed by atoms with Crippen LogP contribution in [-0.2, 0) is 32.1 Å². The third-order valence-corrected chi connectivity index (χ3v) is 8.56. The Morgan fingerprint density at radius 2 is 1.45 bits per heavy atom. The normalized spacial score (nSPS) is 25.9. The van der Waals surface area contributed by atoms with Crippen LogP contribution >= 0.6 is 0 Å². The van der Waals surface area contributed by atoms with Crippen molar-refractivity contribution in [1.82, 2.24) is 14.7 Å². The molecule has 0 spiro atoms. The van der Waals surface area contributed by atoms with Crippen molar-refractivity contribution in [3.8, 4) is 5.75 Å². The van der Waals surface area contributed by atoms with Gasteiger partial charge in [-0.05, 0) is 35.7 Å². The van der Waals surface area contributed by atoms with Gasteiger partial charge in [-0.15, -0.1) is 0 Å². The molecule has 0 saturated carbocycles. The molecule has 3 aromatic rings. The summed E-state index contributed by atoms with van der Waals surface area (Å²) < 4.78 is 5.33. The lowest BCUT2D eigenvalue weighted by Gasteiger charge is -2.49. The quantitative estimate of drug-likeness (QED) is 0.432. The Balaban J connectivity index is 1.55. The molecule has 8 nitrogen and oxygen atoms in total. The number of benzene rings is 3. The van der Waals surface area contributed by atoms with Crippen molar-refractivity contribution < 1.29 is 23.9 Å². The standard InChI is InChI=1S/C32H31N3O5/c1-3-34-29(37)26-27(30(34)38)32(18-21-10-6-4-7-11-21)31(39)33(19-22-12-8-5-9-13-22)20-25(36)35(32)28(26)23-14-16-24(40-2)17-15-23/h4-17,26-28H,3,18-20H2,1-2H3/t26?,27?,28?,32-/m1/s1. The van der Waals surface area contributed by atoms with Gasteiger partial charge in [-0.25, -0.2) is 0 Å². The summed E-state index contributed by atoms with van der Waals surface area (Å²) in [6, 6.07) is 25.4. The summed E-state index contributed by atoms with van der Waals surface area (Å²) in [5.41, 5.74) is 0.858. The molecule has 4 atom stereocenters. The maximum absolute atomic E-state index is 14.8. The van der Waals surface area contributed by atoms with Crippen LogP contribution in [0.5, 0.6) is 5.75 Å². The van der Waals surface area contributed by atoms with Crippen LogP contribution in [0.25, 0.3) is 0 Å². The summed E-state index contributed by atoms with van der Waals surface area (Å²) in [5, 5.41) is 0. The van der Waals surface area contributed by atoms with E-state index in [9.17, 15) is 19.2 Å². The number of methoxy groups -OCH3 is 1. The van der Waals surface area contributed by atoms with E-state index in [1.807, 2.05) is 72.8 Å². The fourth-order valence-corrected chi connectivity index (χ4v) is 6.91. The van der Waals surface area contributed by atoms with E-state index in [-0.39, 0.29) is 43.8 Å². The van der Waals surface area contributed by atoms with Crippen LogP contribution in [-0.4, -0.2) is 64.1 Å². The SMILES string of the molecule is CCN1C(=O)C2C(c3ccc(OC)cc3)N3C(=O)CN(Cc4ccccc4)C(=O)[C@@]3(Cc3ccccc3)C2C1=O. The van der Waals surface area contributed by atoms with Crippen LogP contribution in [0.3, 0.4) is 0 Å². The lowest BCUT2D eigenvalue weighted by Crippen LogP contribution is -2.69. The van der Waals surface area contributed by atoms with Crippen LogP contribution in [0.15, 0.2) is 84.9 Å². The molecule has 3 saturated heterocycles. The number of nitrogens with zero attached hydrogens (tertiary/aromatic N) is 3. The highest BCUT2D eigenvalue weighted by Crippen LogP contribution is 2.58. The molecular weight excluding hydrogens is 506 g/mol. The minimum atomic E-state index is -1.54. The first-order valence-electron chi connectivity index (χ1n) is 13.6. The van der Waals surface area contributed by atoms with Gasteiger partial charge in [-0.1, -0.05) is 72.8 Å². The minimum Gasteiger partial charge on any atom is -0.497 e. The minimum absolute atomic E-state index is 0.129. The van der Waals surface area contributed by atoms with Crippen molar-refractivity contribution in [3.63, 3.8) is 0 Å². The van der Waals surface area contributed by atoms with Gasteiger partial charge in [0.2, 0.25) is 17.7 Å². The summed E-state index contributed by atoms with van der Waals surface area (Å²) in [7, 11) is 1.57. The number of hydrogen-bond acceptors (Lipinski definition) is 5. The highest BCUT2D eigenvalue weighted by Gasteiger charge is 2.74. The predicted molar refractivity (Wildman–Crippen MR) is 147 cm³/mol. The molecule has 3 aliphatic heterocycles. The Kier molecular flexibility index (Phi) is 6.41. The molecule has 4 amide bonds. The summed E-state index contributed by atoms with van der Waals surface area (Å²) in [6.07, 6.45) is 0.133. The highest BCUT2D eigenvalue weighted by molar-refractivity contribution is 6.13. The number of ether oxygens (including phenoxy) is 1. The second kappa shape index (κ2) is 9.93. The second-order valence-corrected chi connectivity index (χ2v) is 10.6. The fraction of sp³-hybridized carbons (Fsp3) is 0.312. The average molecular weight is 538 g/mol. The molecule has 8 heteroatoms. The van der Waals surface area contributed by atoms with E-state index in [0.717, 1.165) is 11.1 Å². The van der Waals surface area contributed by atoms with Crippen molar-refractivity contribution >= 4 is 23.6 Å². The topological polar surface area (TPSA) is 87.2 Å². The van der Waals surface area contributed by atoms with Gasteiger partial charge in [0.25, 0.3) is 5.91 Å². The number of carbonyl (C=O) groups excluding carboxylic acids is 4.